The minimum absolute atomic E-state index is 0.0194. The zero-order valence-electron chi connectivity index (χ0n) is 9.85. The van der Waals surface area contributed by atoms with Crippen LogP contribution in [0, 0.1) is 6.92 Å². The van der Waals surface area contributed by atoms with Gasteiger partial charge in [0, 0.05) is 12.7 Å². The number of aromatic nitrogens is 3. The molecule has 0 bridgehead atoms. The molecule has 0 N–H and O–H groups in total. The molecule has 2 aromatic heterocycles. The second-order valence-corrected chi connectivity index (χ2v) is 4.74. The molecule has 0 aliphatic rings. The fourth-order valence-corrected chi connectivity index (χ4v) is 2.19. The summed E-state index contributed by atoms with van der Waals surface area (Å²) in [5, 5.41) is 4.37. The molecular weight excluding hydrogens is 282 g/mol. The lowest BCUT2D eigenvalue weighted by molar-refractivity contribution is 0.591. The Morgan fingerprint density at radius 1 is 1.47 bits per heavy atom. The molecule has 2 rings (SSSR count). The zero-order chi connectivity index (χ0) is 12.4. The summed E-state index contributed by atoms with van der Waals surface area (Å²) in [6.07, 6.45) is 1.79. The Labute approximate surface area is 108 Å². The topological polar surface area (TPSA) is 39.8 Å². The first-order valence-electron chi connectivity index (χ1n) is 5.50. The largest absolute Gasteiger partial charge is 0.309 e. The molecule has 0 radical (unpaired) electrons. The monoisotopic (exact) mass is 295 g/mol. The van der Waals surface area contributed by atoms with Crippen LogP contribution in [-0.4, -0.2) is 14.3 Å². The maximum Gasteiger partial charge on any atom is 0.265 e. The van der Waals surface area contributed by atoms with Crippen molar-refractivity contribution in [3.8, 4) is 0 Å². The van der Waals surface area contributed by atoms with Crippen molar-refractivity contribution >= 4 is 15.9 Å². The Morgan fingerprint density at radius 2 is 2.24 bits per heavy atom. The van der Waals surface area contributed by atoms with E-state index < -0.39 is 0 Å². The number of rotatable bonds is 3. The number of aryl methyl sites for hydroxylation is 2. The van der Waals surface area contributed by atoms with Gasteiger partial charge < -0.3 is 4.57 Å². The molecule has 0 saturated heterocycles. The van der Waals surface area contributed by atoms with Crippen molar-refractivity contribution in [3.63, 3.8) is 0 Å². The van der Waals surface area contributed by atoms with Gasteiger partial charge >= 0.3 is 0 Å². The normalized spacial score (nSPS) is 10.8. The van der Waals surface area contributed by atoms with E-state index in [1.54, 1.807) is 16.8 Å². The fourth-order valence-electron chi connectivity index (χ4n) is 1.81. The van der Waals surface area contributed by atoms with Crippen molar-refractivity contribution in [1.82, 2.24) is 14.3 Å². The third-order valence-electron chi connectivity index (χ3n) is 2.59. The first-order valence-corrected chi connectivity index (χ1v) is 6.29. The summed E-state index contributed by atoms with van der Waals surface area (Å²) in [7, 11) is 0. The van der Waals surface area contributed by atoms with Gasteiger partial charge in [-0.1, -0.05) is 0 Å². The van der Waals surface area contributed by atoms with Gasteiger partial charge in [0.15, 0.2) is 0 Å². The van der Waals surface area contributed by atoms with Crippen LogP contribution in [0.4, 0.5) is 0 Å². The van der Waals surface area contributed by atoms with Crippen LogP contribution in [0.2, 0.25) is 0 Å². The van der Waals surface area contributed by atoms with Crippen LogP contribution in [0.3, 0.4) is 0 Å². The van der Waals surface area contributed by atoms with Gasteiger partial charge in [-0.2, -0.15) is 5.10 Å². The first-order chi connectivity index (χ1) is 8.11. The molecule has 0 atom stereocenters. The molecule has 0 amide bonds. The van der Waals surface area contributed by atoms with Gasteiger partial charge in [-0.05, 0) is 48.0 Å². The highest BCUT2D eigenvalue weighted by atomic mass is 79.9. The molecule has 4 nitrogen and oxygen atoms in total. The number of nitrogens with zero attached hydrogens (tertiary/aromatic N) is 3. The standard InChI is InChI=1S/C12H14BrN3O/c1-3-16-10(7-9(2)14-16)8-15-6-4-5-11(13)12(15)17/h4-7H,3,8H2,1-2H3. The first kappa shape index (κ1) is 12.1. The maximum absolute atomic E-state index is 11.9. The quantitative estimate of drug-likeness (QED) is 0.871. The number of pyridine rings is 1. The highest BCUT2D eigenvalue weighted by molar-refractivity contribution is 9.10. The summed E-state index contributed by atoms with van der Waals surface area (Å²) >= 11 is 3.24. The molecule has 17 heavy (non-hydrogen) atoms. The lowest BCUT2D eigenvalue weighted by atomic mass is 10.3. The highest BCUT2D eigenvalue weighted by Crippen LogP contribution is 2.07. The van der Waals surface area contributed by atoms with E-state index >= 15 is 0 Å². The smallest absolute Gasteiger partial charge is 0.265 e. The van der Waals surface area contributed by atoms with Crippen LogP contribution in [0.25, 0.3) is 0 Å². The molecule has 0 aliphatic carbocycles. The number of hydrogen-bond acceptors (Lipinski definition) is 2. The molecule has 0 aromatic carbocycles. The third kappa shape index (κ3) is 2.49. The Bertz CT molecular complexity index is 586. The molecule has 2 heterocycles. The van der Waals surface area contributed by atoms with Gasteiger partial charge in [-0.25, -0.2) is 0 Å². The Hall–Kier alpha value is -1.36. The van der Waals surface area contributed by atoms with E-state index in [1.165, 1.54) is 0 Å². The third-order valence-corrected chi connectivity index (χ3v) is 3.19. The molecule has 0 unspecified atom stereocenters. The van der Waals surface area contributed by atoms with Crippen molar-refractivity contribution in [1.29, 1.82) is 0 Å². The summed E-state index contributed by atoms with van der Waals surface area (Å²) in [5.41, 5.74) is 2.00. The molecule has 0 spiro atoms. The van der Waals surface area contributed by atoms with Gasteiger partial charge in [-0.15, -0.1) is 0 Å². The lowest BCUT2D eigenvalue weighted by Gasteiger charge is -2.07. The van der Waals surface area contributed by atoms with E-state index in [9.17, 15) is 4.79 Å². The second kappa shape index (κ2) is 4.87. The van der Waals surface area contributed by atoms with Crippen LogP contribution >= 0.6 is 15.9 Å². The predicted molar refractivity (Wildman–Crippen MR) is 70.1 cm³/mol. The van der Waals surface area contributed by atoms with Crippen molar-refractivity contribution in [2.45, 2.75) is 26.9 Å². The maximum atomic E-state index is 11.9. The Balaban J connectivity index is 2.37. The Kier molecular flexibility index (Phi) is 3.47. The fraction of sp³-hybridized carbons (Fsp3) is 0.333. The summed E-state index contributed by atoms with van der Waals surface area (Å²) in [4.78, 5) is 11.9. The van der Waals surface area contributed by atoms with Crippen LogP contribution in [0.15, 0.2) is 33.7 Å². The number of halogens is 1. The van der Waals surface area contributed by atoms with Crippen LogP contribution in [0.1, 0.15) is 18.3 Å². The van der Waals surface area contributed by atoms with E-state index in [0.717, 1.165) is 17.9 Å². The van der Waals surface area contributed by atoms with E-state index in [0.29, 0.717) is 11.0 Å². The van der Waals surface area contributed by atoms with Gasteiger partial charge in [-0.3, -0.25) is 9.48 Å². The molecule has 90 valence electrons. The minimum Gasteiger partial charge on any atom is -0.309 e. The van der Waals surface area contributed by atoms with E-state index in [2.05, 4.69) is 21.0 Å². The van der Waals surface area contributed by atoms with Crippen LogP contribution < -0.4 is 5.56 Å². The average Bonchev–Trinajstić information content (AvgIpc) is 2.65. The van der Waals surface area contributed by atoms with Gasteiger partial charge in [0.05, 0.1) is 22.4 Å². The summed E-state index contributed by atoms with van der Waals surface area (Å²) in [5.74, 6) is 0. The van der Waals surface area contributed by atoms with Crippen LogP contribution in [-0.2, 0) is 13.1 Å². The second-order valence-electron chi connectivity index (χ2n) is 3.88. The molecule has 0 fully saturated rings. The summed E-state index contributed by atoms with van der Waals surface area (Å²) in [6, 6.07) is 5.61. The van der Waals surface area contributed by atoms with Gasteiger partial charge in [0.1, 0.15) is 0 Å². The molecular formula is C12H14BrN3O. The SMILES string of the molecule is CCn1nc(C)cc1Cn1cccc(Br)c1=O. The van der Waals surface area contributed by atoms with Crippen molar-refractivity contribution in [3.05, 3.63) is 50.6 Å². The zero-order valence-corrected chi connectivity index (χ0v) is 11.4. The summed E-state index contributed by atoms with van der Waals surface area (Å²) in [6.45, 7) is 5.36. The van der Waals surface area contributed by atoms with E-state index in [4.69, 9.17) is 0 Å². The molecule has 0 aliphatic heterocycles. The molecule has 0 saturated carbocycles. The molecule has 5 heteroatoms. The highest BCUT2D eigenvalue weighted by Gasteiger charge is 2.06. The average molecular weight is 296 g/mol. The van der Waals surface area contributed by atoms with Gasteiger partial charge in [0.25, 0.3) is 5.56 Å². The van der Waals surface area contributed by atoms with Crippen molar-refractivity contribution in [2.24, 2.45) is 0 Å². The van der Waals surface area contributed by atoms with E-state index in [-0.39, 0.29) is 5.56 Å². The predicted octanol–water partition coefficient (Wildman–Crippen LogP) is 2.18. The molecule has 2 aromatic rings. The van der Waals surface area contributed by atoms with Crippen molar-refractivity contribution < 1.29 is 0 Å². The van der Waals surface area contributed by atoms with E-state index in [1.807, 2.05) is 30.7 Å². The van der Waals surface area contributed by atoms with Crippen LogP contribution in [0.5, 0.6) is 0 Å². The van der Waals surface area contributed by atoms with Gasteiger partial charge in [0.2, 0.25) is 0 Å². The lowest BCUT2D eigenvalue weighted by Crippen LogP contribution is -2.21. The Morgan fingerprint density at radius 3 is 2.94 bits per heavy atom. The number of hydrogen-bond donors (Lipinski definition) is 0. The van der Waals surface area contributed by atoms with Crippen molar-refractivity contribution in [2.75, 3.05) is 0 Å². The minimum atomic E-state index is -0.0194. The summed E-state index contributed by atoms with van der Waals surface area (Å²) < 4.78 is 4.18.